The topological polar surface area (TPSA) is 54.9 Å². The Bertz CT molecular complexity index is 648. The van der Waals surface area contributed by atoms with Crippen molar-refractivity contribution in [2.45, 2.75) is 47.2 Å². The third kappa shape index (κ3) is 6.41. The van der Waals surface area contributed by atoms with Crippen molar-refractivity contribution in [2.75, 3.05) is 5.75 Å². The smallest absolute Gasteiger partial charge is 0.233 e. The quantitative estimate of drug-likeness (QED) is 0.513. The maximum Gasteiger partial charge on any atom is 0.233 e. The molecular formula is C16H20FN3OS3. The highest BCUT2D eigenvalue weighted by Gasteiger charge is 2.17. The molecule has 0 radical (unpaired) electrons. The third-order valence-corrected chi connectivity index (χ3v) is 6.47. The Balaban J connectivity index is 1.77. The first-order valence-corrected chi connectivity index (χ1v) is 10.4. The molecule has 1 heterocycles. The number of halogens is 1. The standard InChI is InChI=1S/C16H20FN3OS3/c1-3-4-9-22-15-19-20-16(24-15)23-11(2)14(21)18-10-12-5-7-13(17)8-6-12/h5-8,11H,3-4,9-10H2,1-2H3,(H,18,21)/t11-/m0/s1. The molecule has 0 spiro atoms. The van der Waals surface area contributed by atoms with Gasteiger partial charge in [0.15, 0.2) is 8.68 Å². The lowest BCUT2D eigenvalue weighted by atomic mass is 10.2. The Hall–Kier alpha value is -1.12. The van der Waals surface area contributed by atoms with Crippen LogP contribution in [-0.2, 0) is 11.3 Å². The minimum Gasteiger partial charge on any atom is -0.351 e. The van der Waals surface area contributed by atoms with Gasteiger partial charge in [-0.3, -0.25) is 4.79 Å². The summed E-state index contributed by atoms with van der Waals surface area (Å²) < 4.78 is 14.6. The molecule has 1 aromatic carbocycles. The molecule has 130 valence electrons. The first-order chi connectivity index (χ1) is 11.6. The molecular weight excluding hydrogens is 365 g/mol. The second-order valence-corrected chi connectivity index (χ2v) is 9.05. The predicted octanol–water partition coefficient (Wildman–Crippen LogP) is 4.37. The van der Waals surface area contributed by atoms with E-state index in [1.807, 2.05) is 6.92 Å². The molecule has 1 aromatic heterocycles. The number of unbranched alkanes of at least 4 members (excludes halogenated alkanes) is 1. The maximum absolute atomic E-state index is 12.9. The number of aromatic nitrogens is 2. The van der Waals surface area contributed by atoms with Gasteiger partial charge in [-0.2, -0.15) is 0 Å². The summed E-state index contributed by atoms with van der Waals surface area (Å²) in [7, 11) is 0. The second-order valence-electron chi connectivity index (χ2n) is 5.14. The molecule has 2 rings (SSSR count). The minimum atomic E-state index is -0.280. The Morgan fingerprint density at radius 2 is 2.00 bits per heavy atom. The van der Waals surface area contributed by atoms with Gasteiger partial charge in [-0.25, -0.2) is 4.39 Å². The van der Waals surface area contributed by atoms with Crippen LogP contribution >= 0.6 is 34.9 Å². The predicted molar refractivity (Wildman–Crippen MR) is 99.1 cm³/mol. The fourth-order valence-electron chi connectivity index (χ4n) is 1.75. The van der Waals surface area contributed by atoms with E-state index in [4.69, 9.17) is 0 Å². The van der Waals surface area contributed by atoms with Crippen molar-refractivity contribution in [3.8, 4) is 0 Å². The Morgan fingerprint density at radius 3 is 2.71 bits per heavy atom. The summed E-state index contributed by atoms with van der Waals surface area (Å²) in [5, 5.41) is 10.9. The third-order valence-electron chi connectivity index (χ3n) is 3.14. The van der Waals surface area contributed by atoms with Gasteiger partial charge in [-0.05, 0) is 31.0 Å². The molecule has 1 amide bonds. The molecule has 0 bridgehead atoms. The van der Waals surface area contributed by atoms with E-state index in [-0.39, 0.29) is 17.0 Å². The molecule has 0 unspecified atom stereocenters. The number of nitrogens with zero attached hydrogens (tertiary/aromatic N) is 2. The van der Waals surface area contributed by atoms with E-state index in [0.29, 0.717) is 6.54 Å². The average molecular weight is 386 g/mol. The molecule has 0 aliphatic heterocycles. The van der Waals surface area contributed by atoms with Crippen LogP contribution in [0, 0.1) is 5.82 Å². The van der Waals surface area contributed by atoms with Crippen LogP contribution < -0.4 is 5.32 Å². The summed E-state index contributed by atoms with van der Waals surface area (Å²) in [4.78, 5) is 12.2. The van der Waals surface area contributed by atoms with Crippen LogP contribution in [0.1, 0.15) is 32.3 Å². The monoisotopic (exact) mass is 385 g/mol. The number of carbonyl (C=O) groups excluding carboxylic acids is 1. The maximum atomic E-state index is 12.9. The van der Waals surface area contributed by atoms with Crippen LogP contribution in [0.15, 0.2) is 32.9 Å². The number of amides is 1. The number of nitrogens with one attached hydrogen (secondary N) is 1. The Kier molecular flexibility index (Phi) is 8.01. The van der Waals surface area contributed by atoms with E-state index in [1.165, 1.54) is 41.7 Å². The number of hydrogen-bond donors (Lipinski definition) is 1. The molecule has 0 saturated carbocycles. The lowest BCUT2D eigenvalue weighted by Gasteiger charge is -2.10. The van der Waals surface area contributed by atoms with Crippen LogP contribution in [0.25, 0.3) is 0 Å². The second kappa shape index (κ2) is 10.0. The van der Waals surface area contributed by atoms with Gasteiger partial charge in [0.05, 0.1) is 5.25 Å². The Labute approximate surface area is 154 Å². The van der Waals surface area contributed by atoms with E-state index in [2.05, 4.69) is 22.4 Å². The molecule has 8 heteroatoms. The normalized spacial score (nSPS) is 12.1. The van der Waals surface area contributed by atoms with Gasteiger partial charge in [0.25, 0.3) is 0 Å². The van der Waals surface area contributed by atoms with Crippen LogP contribution in [0.5, 0.6) is 0 Å². The largest absolute Gasteiger partial charge is 0.351 e. The van der Waals surface area contributed by atoms with Crippen molar-refractivity contribution in [1.29, 1.82) is 0 Å². The van der Waals surface area contributed by atoms with Gasteiger partial charge in [0.1, 0.15) is 5.82 Å². The molecule has 0 aliphatic carbocycles. The fraction of sp³-hybridized carbons (Fsp3) is 0.438. The van der Waals surface area contributed by atoms with Crippen molar-refractivity contribution >= 4 is 40.8 Å². The zero-order valence-electron chi connectivity index (χ0n) is 13.6. The van der Waals surface area contributed by atoms with Gasteiger partial charge in [0, 0.05) is 12.3 Å². The molecule has 4 nitrogen and oxygen atoms in total. The zero-order chi connectivity index (χ0) is 17.4. The van der Waals surface area contributed by atoms with Crippen LogP contribution in [0.2, 0.25) is 0 Å². The first kappa shape index (κ1) is 19.2. The number of rotatable bonds is 9. The van der Waals surface area contributed by atoms with Crippen molar-refractivity contribution in [3.05, 3.63) is 35.6 Å². The molecule has 1 N–H and O–H groups in total. The van der Waals surface area contributed by atoms with Gasteiger partial charge in [0.2, 0.25) is 5.91 Å². The van der Waals surface area contributed by atoms with E-state index in [0.717, 1.165) is 26.4 Å². The number of thioether (sulfide) groups is 2. The van der Waals surface area contributed by atoms with Gasteiger partial charge in [-0.15, -0.1) is 10.2 Å². The molecule has 0 saturated heterocycles. The van der Waals surface area contributed by atoms with Crippen molar-refractivity contribution < 1.29 is 9.18 Å². The SMILES string of the molecule is CCCCSc1nnc(S[C@@H](C)C(=O)NCc2ccc(F)cc2)s1. The van der Waals surface area contributed by atoms with Crippen molar-refractivity contribution in [2.24, 2.45) is 0 Å². The number of hydrogen-bond acceptors (Lipinski definition) is 6. The summed E-state index contributed by atoms with van der Waals surface area (Å²) in [6, 6.07) is 6.10. The lowest BCUT2D eigenvalue weighted by Crippen LogP contribution is -2.30. The zero-order valence-corrected chi connectivity index (χ0v) is 16.1. The highest BCUT2D eigenvalue weighted by molar-refractivity contribution is 8.03. The van der Waals surface area contributed by atoms with E-state index >= 15 is 0 Å². The fourth-order valence-corrected chi connectivity index (χ4v) is 5.09. The van der Waals surface area contributed by atoms with Gasteiger partial charge < -0.3 is 5.32 Å². The lowest BCUT2D eigenvalue weighted by molar-refractivity contribution is -0.120. The van der Waals surface area contributed by atoms with E-state index < -0.39 is 0 Å². The van der Waals surface area contributed by atoms with Crippen LogP contribution in [0.3, 0.4) is 0 Å². The summed E-state index contributed by atoms with van der Waals surface area (Å²) in [6.45, 7) is 4.39. The molecule has 0 aliphatic rings. The highest BCUT2D eigenvalue weighted by atomic mass is 32.2. The summed E-state index contributed by atoms with van der Waals surface area (Å²) in [6.07, 6.45) is 2.33. The van der Waals surface area contributed by atoms with Crippen molar-refractivity contribution in [1.82, 2.24) is 15.5 Å². The summed E-state index contributed by atoms with van der Waals surface area (Å²) in [5.41, 5.74) is 0.868. The number of benzene rings is 1. The van der Waals surface area contributed by atoms with Crippen LogP contribution in [-0.4, -0.2) is 27.1 Å². The molecule has 24 heavy (non-hydrogen) atoms. The van der Waals surface area contributed by atoms with Crippen LogP contribution in [0.4, 0.5) is 4.39 Å². The number of carbonyl (C=O) groups is 1. The molecule has 0 fully saturated rings. The van der Waals surface area contributed by atoms with E-state index in [9.17, 15) is 9.18 Å². The molecule has 1 atom stereocenters. The minimum absolute atomic E-state index is 0.0697. The van der Waals surface area contributed by atoms with E-state index in [1.54, 1.807) is 23.9 Å². The van der Waals surface area contributed by atoms with Gasteiger partial charge in [-0.1, -0.05) is 60.3 Å². The Morgan fingerprint density at radius 1 is 1.29 bits per heavy atom. The highest BCUT2D eigenvalue weighted by Crippen LogP contribution is 2.31. The van der Waals surface area contributed by atoms with Gasteiger partial charge >= 0.3 is 0 Å². The molecule has 2 aromatic rings. The summed E-state index contributed by atoms with van der Waals surface area (Å²) in [5.74, 6) is 0.696. The van der Waals surface area contributed by atoms with Crippen molar-refractivity contribution in [3.63, 3.8) is 0 Å². The average Bonchev–Trinajstić information content (AvgIpc) is 3.01. The first-order valence-electron chi connectivity index (χ1n) is 7.73. The summed E-state index contributed by atoms with van der Waals surface area (Å²) >= 11 is 4.65.